The van der Waals surface area contributed by atoms with Gasteiger partial charge < -0.3 is 5.32 Å². The molecule has 0 spiro atoms. The van der Waals surface area contributed by atoms with Gasteiger partial charge in [0.2, 0.25) is 0 Å². The maximum absolute atomic E-state index is 12.9. The molecule has 27 heavy (non-hydrogen) atoms. The first-order valence-corrected chi connectivity index (χ1v) is 9.51. The number of H-pyrrole nitrogens is 1. The van der Waals surface area contributed by atoms with E-state index in [1.54, 1.807) is 6.20 Å². The third-order valence-electron chi connectivity index (χ3n) is 4.41. The molecule has 136 valence electrons. The topological polar surface area (TPSA) is 83.6 Å². The number of rotatable bonds is 5. The molecule has 0 saturated heterocycles. The summed E-state index contributed by atoms with van der Waals surface area (Å²) in [7, 11) is 0. The summed E-state index contributed by atoms with van der Waals surface area (Å²) in [5.74, 6) is -0.120. The molecule has 3 aromatic heterocycles. The highest BCUT2D eigenvalue weighted by molar-refractivity contribution is 7.13. The molecule has 1 aromatic carbocycles. The molecule has 0 aliphatic rings. The zero-order valence-electron chi connectivity index (χ0n) is 15.1. The summed E-state index contributed by atoms with van der Waals surface area (Å²) in [6.45, 7) is 3.77. The number of carbonyl (C=O) groups is 1. The second kappa shape index (κ2) is 7.28. The number of aryl methyl sites for hydroxylation is 2. The normalized spacial score (nSPS) is 12.2. The van der Waals surface area contributed by atoms with Crippen molar-refractivity contribution in [3.05, 3.63) is 75.5 Å². The predicted octanol–water partition coefficient (Wildman–Crippen LogP) is 3.75. The van der Waals surface area contributed by atoms with E-state index >= 15 is 0 Å². The summed E-state index contributed by atoms with van der Waals surface area (Å²) in [5.41, 5.74) is 3.38. The van der Waals surface area contributed by atoms with Crippen LogP contribution in [0.25, 0.3) is 11.0 Å². The van der Waals surface area contributed by atoms with Gasteiger partial charge in [-0.1, -0.05) is 30.3 Å². The van der Waals surface area contributed by atoms with E-state index in [1.807, 2.05) is 44.2 Å². The van der Waals surface area contributed by atoms with Crippen LogP contribution in [-0.2, 0) is 6.42 Å². The molecule has 1 amide bonds. The van der Waals surface area contributed by atoms with Crippen molar-refractivity contribution in [2.45, 2.75) is 26.3 Å². The van der Waals surface area contributed by atoms with Crippen molar-refractivity contribution in [2.24, 2.45) is 0 Å². The van der Waals surface area contributed by atoms with Crippen molar-refractivity contribution in [3.8, 4) is 0 Å². The lowest BCUT2D eigenvalue weighted by Gasteiger charge is -2.18. The minimum absolute atomic E-state index is 0.120. The molecule has 0 unspecified atom stereocenters. The maximum Gasteiger partial charge on any atom is 0.263 e. The van der Waals surface area contributed by atoms with Crippen LogP contribution in [0, 0.1) is 13.8 Å². The first-order valence-electron chi connectivity index (χ1n) is 8.69. The molecule has 6 nitrogen and oxygen atoms in total. The van der Waals surface area contributed by atoms with Crippen LogP contribution >= 0.6 is 11.3 Å². The van der Waals surface area contributed by atoms with E-state index < -0.39 is 0 Å². The number of fused-ring (bicyclic) bond motifs is 1. The maximum atomic E-state index is 12.9. The van der Waals surface area contributed by atoms with Crippen LogP contribution in [0.3, 0.4) is 0 Å². The summed E-state index contributed by atoms with van der Waals surface area (Å²) in [5, 5.41) is 12.3. The summed E-state index contributed by atoms with van der Waals surface area (Å²) in [6, 6.07) is 13.7. The average molecular weight is 377 g/mol. The van der Waals surface area contributed by atoms with Crippen LogP contribution in [0.1, 0.15) is 37.7 Å². The smallest absolute Gasteiger partial charge is 0.263 e. The molecule has 0 fully saturated rings. The van der Waals surface area contributed by atoms with Crippen LogP contribution in [0.5, 0.6) is 0 Å². The number of aromatic nitrogens is 4. The van der Waals surface area contributed by atoms with Gasteiger partial charge in [0, 0.05) is 11.6 Å². The second-order valence-corrected chi connectivity index (χ2v) is 7.58. The van der Waals surface area contributed by atoms with Gasteiger partial charge in [-0.05, 0) is 38.0 Å². The highest BCUT2D eigenvalue weighted by Crippen LogP contribution is 2.25. The lowest BCUT2D eigenvalue weighted by atomic mass is 10.0. The Hall–Kier alpha value is -3.06. The number of thiazole rings is 1. The Bertz CT molecular complexity index is 1090. The van der Waals surface area contributed by atoms with Crippen LogP contribution in [0.2, 0.25) is 0 Å². The first-order chi connectivity index (χ1) is 13.1. The number of nitrogens with zero attached hydrogens (tertiary/aromatic N) is 3. The minimum Gasteiger partial charge on any atom is -0.343 e. The van der Waals surface area contributed by atoms with Gasteiger partial charge >= 0.3 is 0 Å². The van der Waals surface area contributed by atoms with Crippen molar-refractivity contribution in [1.29, 1.82) is 0 Å². The van der Waals surface area contributed by atoms with Gasteiger partial charge in [0.1, 0.15) is 4.88 Å². The molecular formula is C20H19N5OS. The van der Waals surface area contributed by atoms with Crippen molar-refractivity contribution >= 4 is 28.3 Å². The Labute approximate surface area is 160 Å². The summed E-state index contributed by atoms with van der Waals surface area (Å²) < 4.78 is 0. The summed E-state index contributed by atoms with van der Waals surface area (Å²) in [6.07, 6.45) is 2.36. The van der Waals surface area contributed by atoms with Crippen LogP contribution in [0.15, 0.2) is 48.7 Å². The molecule has 1 atom stereocenters. The molecule has 7 heteroatoms. The fourth-order valence-electron chi connectivity index (χ4n) is 3.18. The lowest BCUT2D eigenvalue weighted by Crippen LogP contribution is -2.30. The molecule has 3 heterocycles. The number of benzene rings is 1. The van der Waals surface area contributed by atoms with E-state index in [-0.39, 0.29) is 11.9 Å². The van der Waals surface area contributed by atoms with E-state index in [0.717, 1.165) is 27.3 Å². The van der Waals surface area contributed by atoms with E-state index in [1.165, 1.54) is 11.3 Å². The molecule has 0 bridgehead atoms. The fraction of sp³-hybridized carbons (Fsp3) is 0.200. The first kappa shape index (κ1) is 17.4. The average Bonchev–Trinajstić information content (AvgIpc) is 3.25. The van der Waals surface area contributed by atoms with E-state index in [2.05, 4.69) is 37.6 Å². The predicted molar refractivity (Wildman–Crippen MR) is 106 cm³/mol. The number of hydrogen-bond donors (Lipinski definition) is 2. The van der Waals surface area contributed by atoms with Gasteiger partial charge in [0.15, 0.2) is 5.65 Å². The third kappa shape index (κ3) is 3.59. The van der Waals surface area contributed by atoms with Gasteiger partial charge in [0.05, 0.1) is 22.4 Å². The van der Waals surface area contributed by atoms with Gasteiger partial charge in [-0.25, -0.2) is 9.97 Å². The summed E-state index contributed by atoms with van der Waals surface area (Å²) in [4.78, 5) is 22.2. The third-order valence-corrected chi connectivity index (χ3v) is 5.48. The van der Waals surface area contributed by atoms with Crippen LogP contribution < -0.4 is 5.32 Å². The number of aromatic amines is 1. The van der Waals surface area contributed by atoms with Gasteiger partial charge in [0.25, 0.3) is 5.91 Å². The van der Waals surface area contributed by atoms with E-state index in [9.17, 15) is 4.79 Å². The Balaban J connectivity index is 1.69. The van der Waals surface area contributed by atoms with Crippen molar-refractivity contribution in [2.75, 3.05) is 0 Å². The van der Waals surface area contributed by atoms with E-state index in [4.69, 9.17) is 0 Å². The monoisotopic (exact) mass is 377 g/mol. The van der Waals surface area contributed by atoms with Crippen molar-refractivity contribution in [1.82, 2.24) is 25.5 Å². The summed E-state index contributed by atoms with van der Waals surface area (Å²) >= 11 is 1.41. The van der Waals surface area contributed by atoms with Crippen molar-refractivity contribution < 1.29 is 4.79 Å². The lowest BCUT2D eigenvalue weighted by molar-refractivity contribution is 0.0939. The quantitative estimate of drug-likeness (QED) is 0.555. The zero-order chi connectivity index (χ0) is 18.8. The Morgan fingerprint density at radius 3 is 2.74 bits per heavy atom. The molecule has 4 aromatic rings. The van der Waals surface area contributed by atoms with Gasteiger partial charge in [-0.15, -0.1) is 11.3 Å². The zero-order valence-corrected chi connectivity index (χ0v) is 15.9. The molecular weight excluding hydrogens is 358 g/mol. The van der Waals surface area contributed by atoms with Crippen molar-refractivity contribution in [3.63, 3.8) is 0 Å². The number of carbonyl (C=O) groups excluding carboxylic acids is 1. The van der Waals surface area contributed by atoms with Crippen LogP contribution in [0.4, 0.5) is 0 Å². The number of hydrogen-bond acceptors (Lipinski definition) is 5. The molecule has 0 radical (unpaired) electrons. The highest BCUT2D eigenvalue weighted by Gasteiger charge is 2.23. The second-order valence-electron chi connectivity index (χ2n) is 6.38. The highest BCUT2D eigenvalue weighted by atomic mass is 32.1. The molecule has 0 aliphatic heterocycles. The minimum atomic E-state index is -0.254. The number of amides is 1. The van der Waals surface area contributed by atoms with Gasteiger partial charge in [-0.2, -0.15) is 5.10 Å². The Morgan fingerprint density at radius 1 is 1.19 bits per heavy atom. The number of pyridine rings is 1. The molecule has 0 aliphatic carbocycles. The van der Waals surface area contributed by atoms with Crippen LogP contribution in [-0.4, -0.2) is 26.1 Å². The molecule has 4 rings (SSSR count). The van der Waals surface area contributed by atoms with Gasteiger partial charge in [-0.3, -0.25) is 9.89 Å². The SMILES string of the molecule is Cc1nc(C)c(C(=O)N[C@H](Cc2ccccc2)c2[nH]nc3ncccc23)s1. The fourth-order valence-corrected chi connectivity index (χ4v) is 4.00. The Morgan fingerprint density at radius 2 is 2.00 bits per heavy atom. The Kier molecular flexibility index (Phi) is 4.68. The standard InChI is InChI=1S/C20H19N5OS/c1-12-18(27-13(2)22-12)20(26)23-16(11-14-7-4-3-5-8-14)17-15-9-6-10-21-19(15)25-24-17/h3-10,16H,11H2,1-2H3,(H,23,26)(H,21,24,25)/t16-/m1/s1. The largest absolute Gasteiger partial charge is 0.343 e. The number of nitrogens with one attached hydrogen (secondary N) is 2. The molecule has 2 N–H and O–H groups in total. The molecule has 0 saturated carbocycles. The van der Waals surface area contributed by atoms with E-state index in [0.29, 0.717) is 16.9 Å².